The van der Waals surface area contributed by atoms with E-state index in [-0.39, 0.29) is 5.04 Å². The van der Waals surface area contributed by atoms with E-state index >= 15 is 0 Å². The second-order valence-electron chi connectivity index (χ2n) is 11.1. The molecule has 0 amide bonds. The third kappa shape index (κ3) is 4.21. The minimum atomic E-state index is -1.84. The first-order valence-electron chi connectivity index (χ1n) is 10.5. The van der Waals surface area contributed by atoms with Crippen LogP contribution in [0.2, 0.25) is 36.3 Å². The Morgan fingerprint density at radius 1 is 0.926 bits per heavy atom. The zero-order valence-electron chi connectivity index (χ0n) is 19.6. The highest BCUT2D eigenvalue weighted by molar-refractivity contribution is 6.79. The Bertz CT molecular complexity index is 804. The van der Waals surface area contributed by atoms with Gasteiger partial charge in [0.15, 0.2) is 8.24 Å². The molecule has 0 saturated carbocycles. The SMILES string of the molecule is CCCc1cn([Si](C)(C)C(C)(C)C)c2cc(O[Si](C)(C)C(C)(C)C)ccc12. The molecule has 2 aromatic rings. The summed E-state index contributed by atoms with van der Waals surface area (Å²) in [6.45, 7) is 26.0. The standard InChI is InChI=1S/C23H41NOSi2/c1-12-13-18-17-24(26(8,9)22(2,3)4)21-16-19(14-15-20(18)21)25-27(10,11)23(5,6)7/h14-17H,12-13H2,1-11H3. The molecule has 27 heavy (non-hydrogen) atoms. The van der Waals surface area contributed by atoms with Crippen molar-refractivity contribution in [3.05, 3.63) is 30.0 Å². The first kappa shape index (κ1) is 22.3. The molecule has 0 bridgehead atoms. The first-order chi connectivity index (χ1) is 12.1. The summed E-state index contributed by atoms with van der Waals surface area (Å²) >= 11 is 0. The van der Waals surface area contributed by atoms with Crippen molar-refractivity contribution in [2.75, 3.05) is 0 Å². The van der Waals surface area contributed by atoms with Crippen LogP contribution in [0.15, 0.2) is 24.4 Å². The molecule has 0 atom stereocenters. The smallest absolute Gasteiger partial charge is 0.250 e. The van der Waals surface area contributed by atoms with Crippen molar-refractivity contribution in [3.8, 4) is 5.75 Å². The molecule has 0 radical (unpaired) electrons. The van der Waals surface area contributed by atoms with Crippen LogP contribution >= 0.6 is 0 Å². The fourth-order valence-corrected chi connectivity index (χ4v) is 6.09. The second-order valence-corrected chi connectivity index (χ2v) is 20.9. The highest BCUT2D eigenvalue weighted by Crippen LogP contribution is 2.42. The van der Waals surface area contributed by atoms with E-state index in [1.807, 2.05) is 0 Å². The minimum absolute atomic E-state index is 0.205. The van der Waals surface area contributed by atoms with E-state index in [1.54, 1.807) is 0 Å². The molecule has 0 saturated heterocycles. The molecule has 1 aromatic carbocycles. The Kier molecular flexibility index (Phi) is 5.87. The number of rotatable bonds is 5. The molecule has 0 spiro atoms. The molecule has 0 unspecified atom stereocenters. The maximum absolute atomic E-state index is 6.64. The Morgan fingerprint density at radius 2 is 1.52 bits per heavy atom. The predicted molar refractivity (Wildman–Crippen MR) is 126 cm³/mol. The highest BCUT2D eigenvalue weighted by atomic mass is 28.4. The average molecular weight is 404 g/mol. The molecule has 0 aliphatic rings. The molecule has 0 N–H and O–H groups in total. The molecular formula is C23H41NOSi2. The summed E-state index contributed by atoms with van der Waals surface area (Å²) in [6.07, 6.45) is 4.77. The van der Waals surface area contributed by atoms with Gasteiger partial charge in [0.25, 0.3) is 0 Å². The van der Waals surface area contributed by atoms with Gasteiger partial charge >= 0.3 is 0 Å². The van der Waals surface area contributed by atoms with Crippen LogP contribution in [-0.4, -0.2) is 20.8 Å². The van der Waals surface area contributed by atoms with Gasteiger partial charge in [-0.2, -0.15) is 0 Å². The van der Waals surface area contributed by atoms with Gasteiger partial charge in [0.05, 0.1) is 0 Å². The number of benzene rings is 1. The van der Waals surface area contributed by atoms with E-state index in [9.17, 15) is 0 Å². The molecule has 0 fully saturated rings. The third-order valence-electron chi connectivity index (χ3n) is 7.00. The lowest BCUT2D eigenvalue weighted by molar-refractivity contribution is 0.492. The van der Waals surface area contributed by atoms with Gasteiger partial charge in [-0.25, -0.2) is 0 Å². The van der Waals surface area contributed by atoms with Crippen LogP contribution in [0, 0.1) is 0 Å². The fourth-order valence-electron chi connectivity index (χ4n) is 3.08. The van der Waals surface area contributed by atoms with Crippen molar-refractivity contribution in [2.24, 2.45) is 0 Å². The van der Waals surface area contributed by atoms with Crippen molar-refractivity contribution in [1.82, 2.24) is 4.23 Å². The van der Waals surface area contributed by atoms with Crippen LogP contribution in [0.25, 0.3) is 10.9 Å². The van der Waals surface area contributed by atoms with E-state index in [2.05, 4.69) is 103 Å². The summed E-state index contributed by atoms with van der Waals surface area (Å²) in [4.78, 5) is 0. The summed E-state index contributed by atoms with van der Waals surface area (Å²) in [6, 6.07) is 6.81. The Labute approximate surface area is 169 Å². The molecule has 4 heteroatoms. The summed E-state index contributed by atoms with van der Waals surface area (Å²) in [5.41, 5.74) is 2.84. The lowest BCUT2D eigenvalue weighted by Gasteiger charge is -2.39. The van der Waals surface area contributed by atoms with E-state index in [0.717, 1.165) is 12.2 Å². The van der Waals surface area contributed by atoms with Crippen molar-refractivity contribution in [1.29, 1.82) is 0 Å². The van der Waals surface area contributed by atoms with Crippen molar-refractivity contribution >= 4 is 27.5 Å². The van der Waals surface area contributed by atoms with Gasteiger partial charge in [0.2, 0.25) is 8.32 Å². The number of nitrogens with zero attached hydrogens (tertiary/aromatic N) is 1. The zero-order chi connectivity index (χ0) is 20.8. The lowest BCUT2D eigenvalue weighted by atomic mass is 10.1. The van der Waals surface area contributed by atoms with E-state index in [1.165, 1.54) is 22.9 Å². The number of aromatic nitrogens is 1. The molecule has 2 rings (SSSR count). The van der Waals surface area contributed by atoms with E-state index in [0.29, 0.717) is 5.04 Å². The Hall–Kier alpha value is -1.01. The molecular weight excluding hydrogens is 362 g/mol. The van der Waals surface area contributed by atoms with Crippen LogP contribution in [0.1, 0.15) is 60.5 Å². The predicted octanol–water partition coefficient (Wildman–Crippen LogP) is 7.83. The van der Waals surface area contributed by atoms with Gasteiger partial charge in [-0.15, -0.1) is 0 Å². The van der Waals surface area contributed by atoms with Gasteiger partial charge < -0.3 is 8.66 Å². The quantitative estimate of drug-likeness (QED) is 0.464. The lowest BCUT2D eigenvalue weighted by Crippen LogP contribution is -2.45. The Morgan fingerprint density at radius 3 is 2.00 bits per heavy atom. The maximum Gasteiger partial charge on any atom is 0.250 e. The summed E-state index contributed by atoms with van der Waals surface area (Å²) in [5.74, 6) is 1.04. The van der Waals surface area contributed by atoms with Crippen LogP contribution in [-0.2, 0) is 6.42 Å². The van der Waals surface area contributed by atoms with E-state index < -0.39 is 16.6 Å². The first-order valence-corrected chi connectivity index (χ1v) is 16.3. The van der Waals surface area contributed by atoms with Gasteiger partial charge in [-0.05, 0) is 53.5 Å². The number of hydrogen-bond donors (Lipinski definition) is 0. The maximum atomic E-state index is 6.64. The number of aryl methyl sites for hydroxylation is 1. The fraction of sp³-hybridized carbons (Fsp3) is 0.652. The highest BCUT2D eigenvalue weighted by Gasteiger charge is 2.40. The van der Waals surface area contributed by atoms with Crippen LogP contribution < -0.4 is 4.43 Å². The largest absolute Gasteiger partial charge is 0.543 e. The Balaban J connectivity index is 2.64. The molecule has 2 nitrogen and oxygen atoms in total. The van der Waals surface area contributed by atoms with Crippen LogP contribution in [0.4, 0.5) is 0 Å². The van der Waals surface area contributed by atoms with Gasteiger partial charge in [-0.1, -0.05) is 68.0 Å². The summed E-state index contributed by atoms with van der Waals surface area (Å²) in [5, 5.41) is 1.90. The summed E-state index contributed by atoms with van der Waals surface area (Å²) in [7, 11) is -3.54. The normalized spacial score (nSPS) is 14.0. The van der Waals surface area contributed by atoms with Gasteiger partial charge in [0, 0.05) is 17.0 Å². The number of fused-ring (bicyclic) bond motifs is 1. The summed E-state index contributed by atoms with van der Waals surface area (Å²) < 4.78 is 9.27. The molecule has 1 heterocycles. The van der Waals surface area contributed by atoms with Crippen LogP contribution in [0.5, 0.6) is 5.75 Å². The molecule has 1 aromatic heterocycles. The monoisotopic (exact) mass is 403 g/mol. The van der Waals surface area contributed by atoms with E-state index in [4.69, 9.17) is 4.43 Å². The topological polar surface area (TPSA) is 14.2 Å². The van der Waals surface area contributed by atoms with Crippen LogP contribution in [0.3, 0.4) is 0 Å². The molecule has 0 aliphatic heterocycles. The van der Waals surface area contributed by atoms with Gasteiger partial charge in [-0.3, -0.25) is 0 Å². The molecule has 0 aliphatic carbocycles. The zero-order valence-corrected chi connectivity index (χ0v) is 21.6. The van der Waals surface area contributed by atoms with Crippen molar-refractivity contribution in [2.45, 2.75) is 97.6 Å². The van der Waals surface area contributed by atoms with Crippen molar-refractivity contribution in [3.63, 3.8) is 0 Å². The second kappa shape index (κ2) is 7.11. The van der Waals surface area contributed by atoms with Crippen molar-refractivity contribution < 1.29 is 4.43 Å². The minimum Gasteiger partial charge on any atom is -0.543 e. The molecule has 152 valence electrons. The number of hydrogen-bond acceptors (Lipinski definition) is 1. The third-order valence-corrected chi connectivity index (χ3v) is 16.6. The van der Waals surface area contributed by atoms with Gasteiger partial charge in [0.1, 0.15) is 5.75 Å². The average Bonchev–Trinajstić information content (AvgIpc) is 2.83.